The van der Waals surface area contributed by atoms with Crippen molar-refractivity contribution in [2.75, 3.05) is 41.3 Å². The Morgan fingerprint density at radius 2 is 1.72 bits per heavy atom. The van der Waals surface area contributed by atoms with Gasteiger partial charge in [0.1, 0.15) is 11.7 Å². The number of aromatic nitrogens is 2. The van der Waals surface area contributed by atoms with E-state index in [1.807, 2.05) is 36.9 Å². The minimum atomic E-state index is -1.03. The van der Waals surface area contributed by atoms with Gasteiger partial charge in [-0.3, -0.25) is 9.20 Å². The fourth-order valence-corrected chi connectivity index (χ4v) is 5.23. The lowest BCUT2D eigenvalue weighted by molar-refractivity contribution is 0.0698. The monoisotopic (exact) mass is 522 g/mol. The van der Waals surface area contributed by atoms with Gasteiger partial charge < -0.3 is 20.2 Å². The highest BCUT2D eigenvalue weighted by molar-refractivity contribution is 5.94. The second-order valence-corrected chi connectivity index (χ2v) is 9.87. The van der Waals surface area contributed by atoms with Crippen LogP contribution in [0.5, 0.6) is 0 Å². The van der Waals surface area contributed by atoms with Crippen LogP contribution in [-0.4, -0.2) is 46.6 Å². The third-order valence-electron chi connectivity index (χ3n) is 7.21. The molecule has 1 aliphatic heterocycles. The molecule has 2 N–H and O–H groups in total. The number of fused-ring (bicyclic) bond motifs is 1. The summed E-state index contributed by atoms with van der Waals surface area (Å²) >= 11 is 0. The molecule has 9 heteroatoms. The number of hydrogen-bond donors (Lipinski definition) is 2. The van der Waals surface area contributed by atoms with Crippen LogP contribution in [0, 0.1) is 25.2 Å². The molecule has 2 aromatic carbocycles. The zero-order valence-electron chi connectivity index (χ0n) is 22.2. The standard InChI is InChI=1S/C30H30N6O3/c1-19-16-23(21(3)32-25-10-6-5-9-22(25)30(38)39)28-33-27(24(17-31)29(37)36(28)18-19)35-14-12-34(13-15-35)26-11-7-4-8-20(26)2/h4-11,16,18,21,32H,12-15H2,1-3H3,(H,38,39)/t21-/m1/s1. The average molecular weight is 523 g/mol. The van der Waals surface area contributed by atoms with Gasteiger partial charge >= 0.3 is 5.97 Å². The van der Waals surface area contributed by atoms with Crippen LogP contribution in [-0.2, 0) is 0 Å². The van der Waals surface area contributed by atoms with Gasteiger partial charge in [-0.05, 0) is 56.2 Å². The Hall–Kier alpha value is -4.84. The number of piperazine rings is 1. The highest BCUT2D eigenvalue weighted by Crippen LogP contribution is 2.28. The fourth-order valence-electron chi connectivity index (χ4n) is 5.23. The summed E-state index contributed by atoms with van der Waals surface area (Å²) in [7, 11) is 0. The van der Waals surface area contributed by atoms with Gasteiger partial charge in [-0.15, -0.1) is 0 Å². The van der Waals surface area contributed by atoms with Crippen molar-refractivity contribution < 1.29 is 9.90 Å². The van der Waals surface area contributed by atoms with E-state index >= 15 is 0 Å². The summed E-state index contributed by atoms with van der Waals surface area (Å²) < 4.78 is 1.43. The van der Waals surface area contributed by atoms with Gasteiger partial charge in [0, 0.05) is 49.3 Å². The second-order valence-electron chi connectivity index (χ2n) is 9.87. The quantitative estimate of drug-likeness (QED) is 0.384. The van der Waals surface area contributed by atoms with Crippen molar-refractivity contribution in [2.24, 2.45) is 0 Å². The van der Waals surface area contributed by atoms with Crippen LogP contribution in [0.15, 0.2) is 65.6 Å². The molecule has 9 nitrogen and oxygen atoms in total. The molecule has 0 saturated carbocycles. The van der Waals surface area contributed by atoms with Gasteiger partial charge in [0.05, 0.1) is 11.6 Å². The van der Waals surface area contributed by atoms with Crippen molar-refractivity contribution >= 4 is 28.8 Å². The van der Waals surface area contributed by atoms with Crippen LogP contribution >= 0.6 is 0 Å². The Bertz CT molecular complexity index is 1660. The van der Waals surface area contributed by atoms with Crippen molar-refractivity contribution in [1.29, 1.82) is 5.26 Å². The molecule has 0 spiro atoms. The van der Waals surface area contributed by atoms with Gasteiger partial charge in [-0.1, -0.05) is 30.3 Å². The molecule has 1 saturated heterocycles. The third-order valence-corrected chi connectivity index (χ3v) is 7.21. The molecule has 2 aromatic heterocycles. The molecular formula is C30H30N6O3. The molecule has 0 aliphatic carbocycles. The molecule has 39 heavy (non-hydrogen) atoms. The number of nitriles is 1. The van der Waals surface area contributed by atoms with Crippen molar-refractivity contribution in [3.63, 3.8) is 0 Å². The molecule has 1 fully saturated rings. The summed E-state index contributed by atoms with van der Waals surface area (Å²) in [6.07, 6.45) is 1.69. The van der Waals surface area contributed by atoms with E-state index in [4.69, 9.17) is 4.98 Å². The van der Waals surface area contributed by atoms with Gasteiger partial charge in [0.25, 0.3) is 5.56 Å². The fraction of sp³-hybridized carbons (Fsp3) is 0.267. The van der Waals surface area contributed by atoms with Gasteiger partial charge in [-0.2, -0.15) is 5.26 Å². The summed E-state index contributed by atoms with van der Waals surface area (Å²) in [4.78, 5) is 34.5. The number of benzene rings is 2. The number of para-hydroxylation sites is 2. The number of rotatable bonds is 6. The summed E-state index contributed by atoms with van der Waals surface area (Å²) in [5.74, 6) is -0.644. The summed E-state index contributed by atoms with van der Waals surface area (Å²) in [6, 6.07) is 18.6. The lowest BCUT2D eigenvalue weighted by Gasteiger charge is -2.37. The normalized spacial score (nSPS) is 14.2. The smallest absolute Gasteiger partial charge is 0.337 e. The Labute approximate surface area is 226 Å². The van der Waals surface area contributed by atoms with E-state index < -0.39 is 11.5 Å². The van der Waals surface area contributed by atoms with Crippen LogP contribution in [0.1, 0.15) is 45.6 Å². The van der Waals surface area contributed by atoms with Crippen LogP contribution in [0.4, 0.5) is 17.2 Å². The Morgan fingerprint density at radius 3 is 2.41 bits per heavy atom. The van der Waals surface area contributed by atoms with Crippen molar-refractivity contribution in [1.82, 2.24) is 9.38 Å². The van der Waals surface area contributed by atoms with Gasteiger partial charge in [0.15, 0.2) is 11.4 Å². The van der Waals surface area contributed by atoms with Crippen molar-refractivity contribution in [3.8, 4) is 6.07 Å². The number of anilines is 3. The largest absolute Gasteiger partial charge is 0.478 e. The van der Waals surface area contributed by atoms with E-state index in [9.17, 15) is 20.0 Å². The number of pyridine rings is 1. The predicted molar refractivity (Wildman–Crippen MR) is 152 cm³/mol. The Balaban J connectivity index is 1.53. The van der Waals surface area contributed by atoms with E-state index in [0.29, 0.717) is 30.2 Å². The maximum absolute atomic E-state index is 13.5. The van der Waals surface area contributed by atoms with E-state index in [1.54, 1.807) is 30.5 Å². The first kappa shape index (κ1) is 25.8. The first-order chi connectivity index (χ1) is 18.8. The number of nitrogens with zero attached hydrogens (tertiary/aromatic N) is 5. The van der Waals surface area contributed by atoms with E-state index in [0.717, 1.165) is 24.2 Å². The van der Waals surface area contributed by atoms with E-state index in [1.165, 1.54) is 15.7 Å². The number of aromatic carboxylic acids is 1. The third kappa shape index (κ3) is 4.89. The first-order valence-electron chi connectivity index (χ1n) is 12.9. The number of aryl methyl sites for hydroxylation is 2. The molecule has 3 heterocycles. The van der Waals surface area contributed by atoms with Crippen LogP contribution in [0.2, 0.25) is 0 Å². The zero-order chi connectivity index (χ0) is 27.7. The van der Waals surface area contributed by atoms with E-state index in [-0.39, 0.29) is 17.2 Å². The average Bonchev–Trinajstić information content (AvgIpc) is 2.93. The molecule has 4 aromatic rings. The number of nitrogens with one attached hydrogen (secondary N) is 1. The summed E-state index contributed by atoms with van der Waals surface area (Å²) in [5, 5.41) is 22.9. The Kier molecular flexibility index (Phi) is 6.94. The molecule has 5 rings (SSSR count). The molecule has 0 amide bonds. The van der Waals surface area contributed by atoms with E-state index in [2.05, 4.69) is 35.3 Å². The predicted octanol–water partition coefficient (Wildman–Crippen LogP) is 4.38. The number of carbonyl (C=O) groups is 1. The topological polar surface area (TPSA) is 114 Å². The molecule has 1 aliphatic rings. The maximum atomic E-state index is 13.5. The summed E-state index contributed by atoms with van der Waals surface area (Å²) in [6.45, 7) is 8.58. The minimum absolute atomic E-state index is 0.0187. The molecule has 0 radical (unpaired) electrons. The number of carboxylic acids is 1. The van der Waals surface area contributed by atoms with Crippen molar-refractivity contribution in [3.05, 3.63) is 99.0 Å². The maximum Gasteiger partial charge on any atom is 0.337 e. The van der Waals surface area contributed by atoms with Gasteiger partial charge in [0.2, 0.25) is 0 Å². The van der Waals surface area contributed by atoms with Crippen LogP contribution in [0.25, 0.3) is 5.65 Å². The minimum Gasteiger partial charge on any atom is -0.478 e. The summed E-state index contributed by atoms with van der Waals surface area (Å²) in [5.41, 5.74) is 4.62. The number of hydrogen-bond acceptors (Lipinski definition) is 7. The molecule has 0 unspecified atom stereocenters. The van der Waals surface area contributed by atoms with Gasteiger partial charge in [-0.25, -0.2) is 9.78 Å². The molecule has 0 bridgehead atoms. The highest BCUT2D eigenvalue weighted by Gasteiger charge is 2.25. The van der Waals surface area contributed by atoms with Crippen molar-refractivity contribution in [2.45, 2.75) is 26.8 Å². The second kappa shape index (κ2) is 10.5. The molecular weight excluding hydrogens is 492 g/mol. The number of carboxylic acid groups (broad SMARTS) is 1. The van der Waals surface area contributed by atoms with Crippen LogP contribution in [0.3, 0.4) is 0 Å². The zero-order valence-corrected chi connectivity index (χ0v) is 22.2. The molecule has 198 valence electrons. The lowest BCUT2D eigenvalue weighted by atomic mass is 10.1. The SMILES string of the molecule is Cc1cc([C@@H](C)Nc2ccccc2C(=O)O)c2nc(N3CCN(c4ccccc4C)CC3)c(C#N)c(=O)n2c1. The Morgan fingerprint density at radius 1 is 1.05 bits per heavy atom. The highest BCUT2D eigenvalue weighted by atomic mass is 16.4. The molecule has 1 atom stereocenters. The van der Waals surface area contributed by atoms with Crippen LogP contribution < -0.4 is 20.7 Å². The lowest BCUT2D eigenvalue weighted by Crippen LogP contribution is -2.47. The first-order valence-corrected chi connectivity index (χ1v) is 12.9.